The summed E-state index contributed by atoms with van der Waals surface area (Å²) in [4.78, 5) is 0. The van der Waals surface area contributed by atoms with Crippen LogP contribution in [0.3, 0.4) is 0 Å². The third kappa shape index (κ3) is 5.48. The minimum Gasteiger partial charge on any atom is -0.507 e. The summed E-state index contributed by atoms with van der Waals surface area (Å²) in [6.45, 7) is 30.9. The van der Waals surface area contributed by atoms with Gasteiger partial charge in [0.15, 0.2) is 0 Å². The predicted octanol–water partition coefficient (Wildman–Crippen LogP) is 9.78. The Labute approximate surface area is 222 Å². The van der Waals surface area contributed by atoms with Crippen molar-refractivity contribution in [3.05, 3.63) is 57.6 Å². The molecule has 36 heavy (non-hydrogen) atoms. The molecule has 2 aromatic carbocycles. The van der Waals surface area contributed by atoms with Gasteiger partial charge >= 0.3 is 0 Å². The molecule has 0 aliphatic rings. The monoisotopic (exact) mass is 494 g/mol. The highest BCUT2D eigenvalue weighted by Crippen LogP contribution is 2.50. The van der Waals surface area contributed by atoms with Crippen molar-refractivity contribution in [1.29, 1.82) is 0 Å². The Morgan fingerprint density at radius 2 is 0.778 bits per heavy atom. The number of benzene rings is 2. The van der Waals surface area contributed by atoms with Gasteiger partial charge in [-0.05, 0) is 57.6 Å². The van der Waals surface area contributed by atoms with Crippen LogP contribution in [-0.2, 0) is 27.1 Å². The Morgan fingerprint density at radius 3 is 1.11 bits per heavy atom. The van der Waals surface area contributed by atoms with Crippen LogP contribution in [0.2, 0.25) is 0 Å². The van der Waals surface area contributed by atoms with Gasteiger partial charge in [-0.3, -0.25) is 0 Å². The molecule has 0 fully saturated rings. The zero-order valence-corrected chi connectivity index (χ0v) is 25.8. The molecule has 2 aromatic rings. The van der Waals surface area contributed by atoms with Crippen LogP contribution in [0.25, 0.3) is 0 Å². The van der Waals surface area contributed by atoms with Gasteiger partial charge in [0.1, 0.15) is 11.5 Å². The summed E-state index contributed by atoms with van der Waals surface area (Å²) < 4.78 is 0. The zero-order chi connectivity index (χ0) is 28.1. The standard InChI is InChI=1S/C34H54O2/c1-15-31(7,8)22-18-24(30(4,5)6)28(35)26(20-22)34(13,14)27-21-23(32(9,10)16-2)19-25(29(27)36)33(11,12)17-3/h18-21,35-36H,15-17H2,1-14H3. The van der Waals surface area contributed by atoms with Crippen LogP contribution in [0.1, 0.15) is 150 Å². The lowest BCUT2D eigenvalue weighted by Crippen LogP contribution is -2.27. The molecule has 0 spiro atoms. The molecule has 2 rings (SSSR count). The molecule has 0 radical (unpaired) electrons. The summed E-state index contributed by atoms with van der Waals surface area (Å²) in [7, 11) is 0. The molecule has 0 saturated carbocycles. The van der Waals surface area contributed by atoms with Crippen molar-refractivity contribution < 1.29 is 10.2 Å². The molecule has 2 heteroatoms. The first-order valence-corrected chi connectivity index (χ1v) is 13.9. The van der Waals surface area contributed by atoms with Crippen LogP contribution in [0, 0.1) is 0 Å². The van der Waals surface area contributed by atoms with Crippen LogP contribution in [0.15, 0.2) is 24.3 Å². The summed E-state index contributed by atoms with van der Waals surface area (Å²) in [6, 6.07) is 8.80. The molecule has 0 saturated heterocycles. The Morgan fingerprint density at radius 1 is 0.472 bits per heavy atom. The number of phenols is 2. The van der Waals surface area contributed by atoms with Gasteiger partial charge < -0.3 is 10.2 Å². The van der Waals surface area contributed by atoms with Crippen LogP contribution >= 0.6 is 0 Å². The minimum absolute atomic E-state index is 0.0258. The fraction of sp³-hybridized carbons (Fsp3) is 0.647. The first-order chi connectivity index (χ1) is 16.2. The SMILES string of the molecule is CCC(C)(C)c1cc(C(C)(C)C)c(O)c(C(C)(C)c2cc(C(C)(C)CC)cc(C(C)(C)CC)c2O)c1. The number of rotatable bonds is 8. The fourth-order valence-electron chi connectivity index (χ4n) is 4.83. The summed E-state index contributed by atoms with van der Waals surface area (Å²) in [6.07, 6.45) is 2.93. The van der Waals surface area contributed by atoms with E-state index < -0.39 is 5.41 Å². The molecule has 2 N–H and O–H groups in total. The average molecular weight is 495 g/mol. The second kappa shape index (κ2) is 9.73. The fourth-order valence-corrected chi connectivity index (χ4v) is 4.83. The molecule has 0 amide bonds. The lowest BCUT2D eigenvalue weighted by Gasteiger charge is -2.37. The van der Waals surface area contributed by atoms with Crippen LogP contribution in [-0.4, -0.2) is 10.2 Å². The molecule has 0 aromatic heterocycles. The van der Waals surface area contributed by atoms with Gasteiger partial charge in [-0.1, -0.05) is 121 Å². The summed E-state index contributed by atoms with van der Waals surface area (Å²) in [5.74, 6) is 0.707. The lowest BCUT2D eigenvalue weighted by molar-refractivity contribution is 0.400. The molecular weight excluding hydrogens is 440 g/mol. The Hall–Kier alpha value is -1.96. The van der Waals surface area contributed by atoms with Crippen molar-refractivity contribution in [1.82, 2.24) is 0 Å². The lowest BCUT2D eigenvalue weighted by atomic mass is 9.68. The van der Waals surface area contributed by atoms with Crippen molar-refractivity contribution in [2.75, 3.05) is 0 Å². The van der Waals surface area contributed by atoms with E-state index in [4.69, 9.17) is 0 Å². The summed E-state index contributed by atoms with van der Waals surface area (Å²) in [5.41, 5.74) is 5.16. The van der Waals surface area contributed by atoms with Crippen LogP contribution in [0.5, 0.6) is 11.5 Å². The Kier molecular flexibility index (Phi) is 8.18. The highest BCUT2D eigenvalue weighted by atomic mass is 16.3. The van der Waals surface area contributed by atoms with E-state index in [0.29, 0.717) is 11.5 Å². The first kappa shape index (κ1) is 30.3. The molecule has 0 heterocycles. The predicted molar refractivity (Wildman–Crippen MR) is 157 cm³/mol. The molecular formula is C34H54O2. The molecule has 0 unspecified atom stereocenters. The largest absolute Gasteiger partial charge is 0.507 e. The highest BCUT2D eigenvalue weighted by molar-refractivity contribution is 5.59. The van der Waals surface area contributed by atoms with E-state index in [1.807, 2.05) is 0 Å². The second-order valence-electron chi connectivity index (χ2n) is 14.4. The van der Waals surface area contributed by atoms with Gasteiger partial charge in [-0.15, -0.1) is 0 Å². The number of hydrogen-bond acceptors (Lipinski definition) is 2. The van der Waals surface area contributed by atoms with Crippen molar-refractivity contribution in [2.45, 2.75) is 143 Å². The smallest absolute Gasteiger partial charge is 0.123 e. The molecule has 202 valence electrons. The van der Waals surface area contributed by atoms with Crippen molar-refractivity contribution in [3.63, 3.8) is 0 Å². The van der Waals surface area contributed by atoms with Gasteiger partial charge in [-0.2, -0.15) is 0 Å². The molecule has 0 aliphatic carbocycles. The van der Waals surface area contributed by atoms with Crippen molar-refractivity contribution in [3.8, 4) is 11.5 Å². The van der Waals surface area contributed by atoms with E-state index >= 15 is 0 Å². The zero-order valence-electron chi connectivity index (χ0n) is 25.8. The van der Waals surface area contributed by atoms with E-state index in [9.17, 15) is 10.2 Å². The number of hydrogen-bond donors (Lipinski definition) is 2. The first-order valence-electron chi connectivity index (χ1n) is 13.9. The maximum absolute atomic E-state index is 11.8. The quantitative estimate of drug-likeness (QED) is 0.383. The van der Waals surface area contributed by atoms with E-state index in [1.54, 1.807) is 0 Å². The molecule has 2 nitrogen and oxygen atoms in total. The third-order valence-electron chi connectivity index (χ3n) is 9.32. The average Bonchev–Trinajstić information content (AvgIpc) is 2.77. The number of phenolic OH excluding ortho intramolecular Hbond substituents is 2. The summed E-state index contributed by atoms with van der Waals surface area (Å²) in [5, 5.41) is 23.6. The van der Waals surface area contributed by atoms with E-state index in [2.05, 4.69) is 121 Å². The van der Waals surface area contributed by atoms with E-state index in [1.165, 1.54) is 11.1 Å². The van der Waals surface area contributed by atoms with Crippen LogP contribution in [0.4, 0.5) is 0 Å². The van der Waals surface area contributed by atoms with Gasteiger partial charge in [0, 0.05) is 22.1 Å². The maximum atomic E-state index is 11.8. The Balaban J connectivity index is 3.04. The van der Waals surface area contributed by atoms with Crippen molar-refractivity contribution >= 4 is 0 Å². The number of aromatic hydroxyl groups is 2. The topological polar surface area (TPSA) is 40.5 Å². The molecule has 0 atom stereocenters. The third-order valence-corrected chi connectivity index (χ3v) is 9.32. The molecule has 0 aliphatic heterocycles. The Bertz CT molecular complexity index is 1090. The van der Waals surface area contributed by atoms with Crippen molar-refractivity contribution in [2.24, 2.45) is 0 Å². The van der Waals surface area contributed by atoms with E-state index in [0.717, 1.165) is 41.5 Å². The van der Waals surface area contributed by atoms with E-state index in [-0.39, 0.29) is 21.7 Å². The minimum atomic E-state index is -0.605. The second-order valence-corrected chi connectivity index (χ2v) is 14.4. The van der Waals surface area contributed by atoms with Gasteiger partial charge in [0.05, 0.1) is 0 Å². The summed E-state index contributed by atoms with van der Waals surface area (Å²) >= 11 is 0. The normalized spacial score (nSPS) is 13.8. The molecule has 0 bridgehead atoms. The highest BCUT2D eigenvalue weighted by Gasteiger charge is 2.37. The van der Waals surface area contributed by atoms with Gasteiger partial charge in [0.2, 0.25) is 0 Å². The maximum Gasteiger partial charge on any atom is 0.123 e. The van der Waals surface area contributed by atoms with Gasteiger partial charge in [-0.25, -0.2) is 0 Å². The van der Waals surface area contributed by atoms with Gasteiger partial charge in [0.25, 0.3) is 0 Å². The van der Waals surface area contributed by atoms with Crippen LogP contribution < -0.4 is 0 Å².